The van der Waals surface area contributed by atoms with Gasteiger partial charge >= 0.3 is 0 Å². The van der Waals surface area contributed by atoms with E-state index in [1.807, 2.05) is 0 Å². The van der Waals surface area contributed by atoms with Gasteiger partial charge in [0.15, 0.2) is 0 Å². The molecule has 1 aliphatic heterocycles. The number of aromatic nitrogens is 4. The molecule has 0 radical (unpaired) electrons. The van der Waals surface area contributed by atoms with Gasteiger partial charge in [0, 0.05) is 38.7 Å². The Bertz CT molecular complexity index is 575. The highest BCUT2D eigenvalue weighted by Gasteiger charge is 2.29. The van der Waals surface area contributed by atoms with E-state index in [1.54, 1.807) is 42.6 Å². The molecule has 0 bridgehead atoms. The molecule has 1 fully saturated rings. The van der Waals surface area contributed by atoms with Crippen molar-refractivity contribution >= 4 is 11.7 Å². The first-order chi connectivity index (χ1) is 9.22. The minimum Gasteiger partial charge on any atom is -0.351 e. The van der Waals surface area contributed by atoms with Crippen LogP contribution in [0.3, 0.4) is 0 Å². The molecule has 1 aliphatic rings. The molecule has 98 valence electrons. The minimum absolute atomic E-state index is 0.135. The second-order valence-corrected chi connectivity index (χ2v) is 4.51. The van der Waals surface area contributed by atoms with Gasteiger partial charge in [-0.15, -0.1) is 0 Å². The highest BCUT2D eigenvalue weighted by Crippen LogP contribution is 2.16. The quantitative estimate of drug-likeness (QED) is 0.827. The van der Waals surface area contributed by atoms with Crippen molar-refractivity contribution in [2.45, 2.75) is 6.04 Å². The third kappa shape index (κ3) is 2.40. The van der Waals surface area contributed by atoms with Crippen LogP contribution in [0.25, 0.3) is 0 Å². The van der Waals surface area contributed by atoms with Crippen LogP contribution in [-0.4, -0.2) is 44.8 Å². The molecule has 7 heteroatoms. The van der Waals surface area contributed by atoms with Gasteiger partial charge in [0.2, 0.25) is 0 Å². The number of rotatable bonds is 3. The topological polar surface area (TPSA) is 75.9 Å². The van der Waals surface area contributed by atoms with E-state index in [0.29, 0.717) is 5.69 Å². The lowest BCUT2D eigenvalue weighted by molar-refractivity contribution is 0.0924. The van der Waals surface area contributed by atoms with Crippen molar-refractivity contribution in [2.75, 3.05) is 18.0 Å². The molecule has 0 aromatic carbocycles. The number of hydrogen-bond donors (Lipinski definition) is 1. The van der Waals surface area contributed by atoms with Crippen molar-refractivity contribution in [1.29, 1.82) is 0 Å². The third-order valence-electron chi connectivity index (χ3n) is 3.04. The molecule has 7 nitrogen and oxygen atoms in total. The predicted molar refractivity (Wildman–Crippen MR) is 68.7 cm³/mol. The summed E-state index contributed by atoms with van der Waals surface area (Å²) in [6, 6.07) is 1.84. The summed E-state index contributed by atoms with van der Waals surface area (Å²) in [6.07, 6.45) is 6.77. The summed E-state index contributed by atoms with van der Waals surface area (Å²) in [6.45, 7) is 1.49. The first-order valence-corrected chi connectivity index (χ1v) is 6.04. The highest BCUT2D eigenvalue weighted by molar-refractivity contribution is 5.92. The van der Waals surface area contributed by atoms with Crippen LogP contribution < -0.4 is 10.2 Å². The summed E-state index contributed by atoms with van der Waals surface area (Å²) < 4.78 is 1.61. The van der Waals surface area contributed by atoms with E-state index in [9.17, 15) is 4.79 Å². The number of amides is 1. The minimum atomic E-state index is -0.135. The number of nitrogens with one attached hydrogen (secondary N) is 1. The summed E-state index contributed by atoms with van der Waals surface area (Å²) in [5.74, 6) is 0.704. The van der Waals surface area contributed by atoms with Crippen LogP contribution in [-0.2, 0) is 7.05 Å². The molecule has 0 unspecified atom stereocenters. The fourth-order valence-corrected chi connectivity index (χ4v) is 2.01. The smallest absolute Gasteiger partial charge is 0.272 e. The lowest BCUT2D eigenvalue weighted by atomic mass is 10.1. The average Bonchev–Trinajstić information content (AvgIpc) is 2.81. The number of anilines is 1. The number of hydrogen-bond acceptors (Lipinski definition) is 5. The fraction of sp³-hybridized carbons (Fsp3) is 0.333. The number of carbonyl (C=O) groups excluding carboxylic acids is 1. The van der Waals surface area contributed by atoms with E-state index in [-0.39, 0.29) is 11.9 Å². The van der Waals surface area contributed by atoms with Crippen LogP contribution in [0.5, 0.6) is 0 Å². The fourth-order valence-electron chi connectivity index (χ4n) is 2.01. The number of carbonyl (C=O) groups is 1. The molecule has 1 amide bonds. The standard InChI is InChI=1S/C12H14N6O/c1-17-5-2-10(16-17)12(19)15-9-7-18(8-9)11-6-13-3-4-14-11/h2-6,9H,7-8H2,1H3,(H,15,19). The molecular weight excluding hydrogens is 244 g/mol. The zero-order valence-corrected chi connectivity index (χ0v) is 10.5. The van der Waals surface area contributed by atoms with Crippen LogP contribution in [0.2, 0.25) is 0 Å². The largest absolute Gasteiger partial charge is 0.351 e. The predicted octanol–water partition coefficient (Wildman–Crippen LogP) is -0.171. The molecular formula is C12H14N6O. The van der Waals surface area contributed by atoms with Crippen molar-refractivity contribution in [1.82, 2.24) is 25.1 Å². The van der Waals surface area contributed by atoms with Crippen LogP contribution >= 0.6 is 0 Å². The van der Waals surface area contributed by atoms with Gasteiger partial charge < -0.3 is 10.2 Å². The number of aryl methyl sites for hydroxylation is 1. The van der Waals surface area contributed by atoms with Crippen molar-refractivity contribution in [3.63, 3.8) is 0 Å². The van der Waals surface area contributed by atoms with Crippen LogP contribution in [0.15, 0.2) is 30.9 Å². The van der Waals surface area contributed by atoms with Gasteiger partial charge in [-0.2, -0.15) is 5.10 Å². The van der Waals surface area contributed by atoms with E-state index in [1.165, 1.54) is 0 Å². The van der Waals surface area contributed by atoms with E-state index in [0.717, 1.165) is 18.9 Å². The summed E-state index contributed by atoms with van der Waals surface area (Å²) >= 11 is 0. The second kappa shape index (κ2) is 4.68. The van der Waals surface area contributed by atoms with Gasteiger partial charge in [-0.25, -0.2) is 4.98 Å². The molecule has 1 N–H and O–H groups in total. The first-order valence-electron chi connectivity index (χ1n) is 6.04. The zero-order valence-electron chi connectivity index (χ0n) is 10.5. The maximum absolute atomic E-state index is 11.9. The Balaban J connectivity index is 1.53. The molecule has 0 aliphatic carbocycles. The summed E-state index contributed by atoms with van der Waals surface area (Å²) in [4.78, 5) is 22.2. The molecule has 3 rings (SSSR count). The van der Waals surface area contributed by atoms with Crippen molar-refractivity contribution in [2.24, 2.45) is 7.05 Å². The summed E-state index contributed by atoms with van der Waals surface area (Å²) in [5, 5.41) is 7.01. The van der Waals surface area contributed by atoms with Gasteiger partial charge in [0.05, 0.1) is 12.2 Å². The third-order valence-corrected chi connectivity index (χ3v) is 3.04. The maximum atomic E-state index is 11.9. The molecule has 19 heavy (non-hydrogen) atoms. The van der Waals surface area contributed by atoms with E-state index < -0.39 is 0 Å². The average molecular weight is 258 g/mol. The van der Waals surface area contributed by atoms with E-state index in [4.69, 9.17) is 0 Å². The van der Waals surface area contributed by atoms with E-state index >= 15 is 0 Å². The SMILES string of the molecule is Cn1ccc(C(=O)NC2CN(c3cnccn3)C2)n1. The maximum Gasteiger partial charge on any atom is 0.272 e. The monoisotopic (exact) mass is 258 g/mol. The highest BCUT2D eigenvalue weighted by atomic mass is 16.2. The van der Waals surface area contributed by atoms with E-state index in [2.05, 4.69) is 25.3 Å². The van der Waals surface area contributed by atoms with Crippen LogP contribution in [0.4, 0.5) is 5.82 Å². The number of nitrogens with zero attached hydrogens (tertiary/aromatic N) is 5. The van der Waals surface area contributed by atoms with Crippen molar-refractivity contribution in [3.8, 4) is 0 Å². The summed E-state index contributed by atoms with van der Waals surface area (Å²) in [7, 11) is 1.79. The zero-order chi connectivity index (χ0) is 13.2. The molecule has 2 aromatic heterocycles. The Morgan fingerprint density at radius 3 is 2.89 bits per heavy atom. The Hall–Kier alpha value is -2.44. The van der Waals surface area contributed by atoms with Crippen molar-refractivity contribution < 1.29 is 4.79 Å². The molecule has 1 saturated heterocycles. The first kappa shape index (κ1) is 11.6. The molecule has 0 atom stereocenters. The Morgan fingerprint density at radius 1 is 1.42 bits per heavy atom. The lowest BCUT2D eigenvalue weighted by Gasteiger charge is -2.39. The molecule has 0 spiro atoms. The van der Waals surface area contributed by atoms with Gasteiger partial charge in [0.1, 0.15) is 11.5 Å². The van der Waals surface area contributed by atoms with Gasteiger partial charge in [-0.05, 0) is 6.07 Å². The van der Waals surface area contributed by atoms with Gasteiger partial charge in [0.25, 0.3) is 5.91 Å². The Labute approximate surface area is 110 Å². The van der Waals surface area contributed by atoms with Gasteiger partial charge in [-0.1, -0.05) is 0 Å². The Kier molecular flexibility index (Phi) is 2.86. The van der Waals surface area contributed by atoms with Gasteiger partial charge in [-0.3, -0.25) is 14.5 Å². The molecule has 0 saturated carbocycles. The molecule has 3 heterocycles. The van der Waals surface area contributed by atoms with Crippen LogP contribution in [0, 0.1) is 0 Å². The Morgan fingerprint density at radius 2 is 2.26 bits per heavy atom. The van der Waals surface area contributed by atoms with Crippen LogP contribution in [0.1, 0.15) is 10.5 Å². The lowest BCUT2D eigenvalue weighted by Crippen LogP contribution is -2.59. The molecule has 2 aromatic rings. The summed E-state index contributed by atoms with van der Waals surface area (Å²) in [5.41, 5.74) is 0.445. The van der Waals surface area contributed by atoms with Crippen molar-refractivity contribution in [3.05, 3.63) is 36.5 Å². The second-order valence-electron chi connectivity index (χ2n) is 4.51. The normalized spacial score (nSPS) is 15.1.